The van der Waals surface area contributed by atoms with Gasteiger partial charge in [-0.25, -0.2) is 0 Å². The molecule has 2 aliphatic heterocycles. The van der Waals surface area contributed by atoms with E-state index < -0.39 is 0 Å². The van der Waals surface area contributed by atoms with E-state index in [-0.39, 0.29) is 5.78 Å². The molecule has 3 atom stereocenters. The van der Waals surface area contributed by atoms with E-state index >= 15 is 0 Å². The molecule has 1 fully saturated rings. The molecule has 3 heterocycles. The van der Waals surface area contributed by atoms with E-state index in [9.17, 15) is 4.79 Å². The molecule has 3 aliphatic rings. The maximum Gasteiger partial charge on any atom is 0.155 e. The standard InChI is InChI=1S/C22H26N2O/c1-14(25)16-8-5-6-15-13-24-11-10-18-17-7-3-4-9-20(17)23(2)22(18)21(24)12-19(15)16/h3-4,7-9,15,19,21H,5-6,10-13H2,1-2H3. The number of carbonyl (C=O) groups is 1. The van der Waals surface area contributed by atoms with Crippen LogP contribution < -0.4 is 0 Å². The molecule has 2 aromatic rings. The van der Waals surface area contributed by atoms with Gasteiger partial charge in [-0.1, -0.05) is 24.3 Å². The van der Waals surface area contributed by atoms with Gasteiger partial charge in [0.1, 0.15) is 0 Å². The van der Waals surface area contributed by atoms with E-state index in [1.54, 1.807) is 12.5 Å². The number of aryl methyl sites for hydroxylation is 1. The molecule has 0 spiro atoms. The minimum Gasteiger partial charge on any atom is -0.346 e. The number of Topliss-reactive ketones (excluding diaryl/α,β-unsaturated/α-hetero) is 1. The van der Waals surface area contributed by atoms with Crippen LogP contribution in [0.25, 0.3) is 10.9 Å². The molecule has 3 nitrogen and oxygen atoms in total. The maximum absolute atomic E-state index is 12.2. The summed E-state index contributed by atoms with van der Waals surface area (Å²) in [5.41, 5.74) is 5.51. The molecule has 1 aliphatic carbocycles. The Morgan fingerprint density at radius 3 is 2.92 bits per heavy atom. The summed E-state index contributed by atoms with van der Waals surface area (Å²) in [5.74, 6) is 1.41. The Labute approximate surface area is 149 Å². The number of rotatable bonds is 1. The summed E-state index contributed by atoms with van der Waals surface area (Å²) in [6.45, 7) is 4.07. The van der Waals surface area contributed by atoms with Crippen LogP contribution in [-0.4, -0.2) is 28.3 Å². The lowest BCUT2D eigenvalue weighted by Gasteiger charge is -2.48. The van der Waals surface area contributed by atoms with Gasteiger partial charge in [0.25, 0.3) is 0 Å². The number of piperidine rings is 1. The van der Waals surface area contributed by atoms with Crippen molar-refractivity contribution in [3.8, 4) is 0 Å². The average Bonchev–Trinajstić information content (AvgIpc) is 2.92. The minimum absolute atomic E-state index is 0.288. The van der Waals surface area contributed by atoms with Crippen molar-refractivity contribution < 1.29 is 4.79 Å². The van der Waals surface area contributed by atoms with Crippen molar-refractivity contribution in [2.75, 3.05) is 13.1 Å². The van der Waals surface area contributed by atoms with Crippen molar-refractivity contribution in [2.45, 2.75) is 38.6 Å². The molecule has 1 aromatic carbocycles. The summed E-state index contributed by atoms with van der Waals surface area (Å²) in [5, 5.41) is 1.42. The molecule has 0 amide bonds. The summed E-state index contributed by atoms with van der Waals surface area (Å²) >= 11 is 0. The number of para-hydroxylation sites is 1. The molecule has 3 unspecified atom stereocenters. The first-order chi connectivity index (χ1) is 12.1. The second-order valence-electron chi connectivity index (χ2n) is 8.10. The Kier molecular flexibility index (Phi) is 3.43. The highest BCUT2D eigenvalue weighted by molar-refractivity contribution is 5.94. The van der Waals surface area contributed by atoms with Gasteiger partial charge < -0.3 is 4.57 Å². The molecular weight excluding hydrogens is 308 g/mol. The van der Waals surface area contributed by atoms with Crippen LogP contribution in [0, 0.1) is 11.8 Å². The van der Waals surface area contributed by atoms with Gasteiger partial charge in [0, 0.05) is 36.7 Å². The Morgan fingerprint density at radius 1 is 1.24 bits per heavy atom. The van der Waals surface area contributed by atoms with Crippen molar-refractivity contribution in [2.24, 2.45) is 18.9 Å². The van der Waals surface area contributed by atoms with Crippen molar-refractivity contribution >= 4 is 16.7 Å². The highest BCUT2D eigenvalue weighted by Crippen LogP contribution is 2.48. The van der Waals surface area contributed by atoms with E-state index in [2.05, 4.69) is 46.9 Å². The van der Waals surface area contributed by atoms with E-state index in [1.165, 1.54) is 23.0 Å². The van der Waals surface area contributed by atoms with Crippen LogP contribution in [0.3, 0.4) is 0 Å². The third-order valence-electron chi connectivity index (χ3n) is 6.89. The number of benzene rings is 1. The fourth-order valence-electron chi connectivity index (χ4n) is 5.79. The summed E-state index contributed by atoms with van der Waals surface area (Å²) in [6, 6.07) is 9.27. The second kappa shape index (κ2) is 5.57. The summed E-state index contributed by atoms with van der Waals surface area (Å²) in [6.07, 6.45) is 6.80. The van der Waals surface area contributed by atoms with Crippen LogP contribution >= 0.6 is 0 Å². The van der Waals surface area contributed by atoms with Crippen LogP contribution in [0.5, 0.6) is 0 Å². The van der Waals surface area contributed by atoms with Gasteiger partial charge in [-0.05, 0) is 61.6 Å². The number of aromatic nitrogens is 1. The van der Waals surface area contributed by atoms with Crippen molar-refractivity contribution in [3.05, 3.63) is 47.2 Å². The molecule has 1 saturated heterocycles. The van der Waals surface area contributed by atoms with Crippen LogP contribution in [0.15, 0.2) is 35.9 Å². The molecule has 1 aromatic heterocycles. The number of hydrogen-bond donors (Lipinski definition) is 0. The molecule has 0 saturated carbocycles. The van der Waals surface area contributed by atoms with E-state index in [0.29, 0.717) is 17.9 Å². The molecule has 5 rings (SSSR count). The molecular formula is C22H26N2O. The Bertz CT molecular complexity index is 891. The van der Waals surface area contributed by atoms with E-state index in [0.717, 1.165) is 37.9 Å². The molecule has 130 valence electrons. The molecule has 0 N–H and O–H groups in total. The SMILES string of the molecule is CC(=O)C1=CCCC2CN3CCc4c(n(C)c5ccccc45)C3CC12. The van der Waals surface area contributed by atoms with E-state index in [4.69, 9.17) is 0 Å². The third-order valence-corrected chi connectivity index (χ3v) is 6.89. The van der Waals surface area contributed by atoms with Crippen molar-refractivity contribution in [1.82, 2.24) is 9.47 Å². The zero-order valence-corrected chi connectivity index (χ0v) is 15.2. The van der Waals surface area contributed by atoms with Crippen LogP contribution in [0.4, 0.5) is 0 Å². The number of allylic oxidation sites excluding steroid dienone is 2. The number of hydrogen-bond acceptors (Lipinski definition) is 2. The topological polar surface area (TPSA) is 25.2 Å². The normalized spacial score (nSPS) is 28.9. The van der Waals surface area contributed by atoms with Gasteiger partial charge in [-0.15, -0.1) is 0 Å². The monoisotopic (exact) mass is 334 g/mol. The largest absolute Gasteiger partial charge is 0.346 e. The fourth-order valence-corrected chi connectivity index (χ4v) is 5.79. The lowest BCUT2D eigenvalue weighted by Crippen LogP contribution is -2.48. The Hall–Kier alpha value is -1.87. The predicted octanol–water partition coefficient (Wildman–Crippen LogP) is 4.02. The van der Waals surface area contributed by atoms with Gasteiger partial charge in [0.2, 0.25) is 0 Å². The van der Waals surface area contributed by atoms with Gasteiger partial charge in [-0.3, -0.25) is 9.69 Å². The molecule has 0 bridgehead atoms. The van der Waals surface area contributed by atoms with Crippen molar-refractivity contribution in [1.29, 1.82) is 0 Å². The Morgan fingerprint density at radius 2 is 2.08 bits per heavy atom. The smallest absolute Gasteiger partial charge is 0.155 e. The summed E-state index contributed by atoms with van der Waals surface area (Å²) in [4.78, 5) is 14.9. The number of carbonyl (C=O) groups excluding carboxylic acids is 1. The van der Waals surface area contributed by atoms with Gasteiger partial charge in [0.05, 0.1) is 6.04 Å². The van der Waals surface area contributed by atoms with Gasteiger partial charge >= 0.3 is 0 Å². The number of fused-ring (bicyclic) bond motifs is 6. The van der Waals surface area contributed by atoms with Gasteiger partial charge in [-0.2, -0.15) is 0 Å². The highest BCUT2D eigenvalue weighted by atomic mass is 16.1. The zero-order valence-electron chi connectivity index (χ0n) is 15.2. The summed E-state index contributed by atoms with van der Waals surface area (Å²) < 4.78 is 2.42. The Balaban J connectivity index is 1.60. The van der Waals surface area contributed by atoms with E-state index in [1.807, 2.05) is 0 Å². The predicted molar refractivity (Wildman–Crippen MR) is 101 cm³/mol. The quantitative estimate of drug-likeness (QED) is 0.787. The molecule has 0 radical (unpaired) electrons. The van der Waals surface area contributed by atoms with Crippen LogP contribution in [-0.2, 0) is 18.3 Å². The third kappa shape index (κ3) is 2.18. The first kappa shape index (κ1) is 15.4. The highest BCUT2D eigenvalue weighted by Gasteiger charge is 2.43. The van der Waals surface area contributed by atoms with Crippen LogP contribution in [0.2, 0.25) is 0 Å². The number of nitrogens with zero attached hydrogens (tertiary/aromatic N) is 2. The lowest BCUT2D eigenvalue weighted by atomic mass is 9.69. The first-order valence-corrected chi connectivity index (χ1v) is 9.66. The first-order valence-electron chi connectivity index (χ1n) is 9.66. The second-order valence-corrected chi connectivity index (χ2v) is 8.10. The minimum atomic E-state index is 0.288. The van der Waals surface area contributed by atoms with Gasteiger partial charge in [0.15, 0.2) is 5.78 Å². The average molecular weight is 334 g/mol. The lowest BCUT2D eigenvalue weighted by molar-refractivity contribution is -0.114. The zero-order chi connectivity index (χ0) is 17.1. The molecule has 25 heavy (non-hydrogen) atoms. The summed E-state index contributed by atoms with van der Waals surface area (Å²) in [7, 11) is 2.22. The fraction of sp³-hybridized carbons (Fsp3) is 0.500. The van der Waals surface area contributed by atoms with Crippen molar-refractivity contribution in [3.63, 3.8) is 0 Å². The molecule has 3 heteroatoms. The van der Waals surface area contributed by atoms with Crippen LogP contribution in [0.1, 0.15) is 43.5 Å². The maximum atomic E-state index is 12.2. The number of ketones is 1.